The maximum absolute atomic E-state index is 13.5. The smallest absolute Gasteiger partial charge is 0.243 e. The van der Waals surface area contributed by atoms with Crippen molar-refractivity contribution in [2.45, 2.75) is 46.7 Å². The minimum absolute atomic E-state index is 0.0751. The summed E-state index contributed by atoms with van der Waals surface area (Å²) in [5.41, 5.74) is 0.130. The van der Waals surface area contributed by atoms with Crippen molar-refractivity contribution in [3.05, 3.63) is 30.1 Å². The number of hydrogen-bond donors (Lipinski definition) is 1. The van der Waals surface area contributed by atoms with Gasteiger partial charge in [0.15, 0.2) is 0 Å². The van der Waals surface area contributed by atoms with Gasteiger partial charge in [-0.05, 0) is 37.0 Å². The number of carbonyl (C=O) groups excluding carboxylic acids is 1. The molecule has 136 valence electrons. The lowest BCUT2D eigenvalue weighted by Crippen LogP contribution is -2.52. The Morgan fingerprint density at radius 1 is 1.12 bits per heavy atom. The van der Waals surface area contributed by atoms with Gasteiger partial charge in [-0.15, -0.1) is 0 Å². The Morgan fingerprint density at radius 2 is 1.67 bits per heavy atom. The first kappa shape index (κ1) is 20.4. The molecule has 0 radical (unpaired) electrons. The molecule has 0 aromatic heterocycles. The monoisotopic (exact) mass is 358 g/mol. The van der Waals surface area contributed by atoms with E-state index in [1.807, 2.05) is 27.7 Å². The third-order valence-electron chi connectivity index (χ3n) is 3.90. The van der Waals surface area contributed by atoms with Crippen molar-refractivity contribution in [3.63, 3.8) is 0 Å². The summed E-state index contributed by atoms with van der Waals surface area (Å²) >= 11 is 0. The number of rotatable bonds is 7. The lowest BCUT2D eigenvalue weighted by Gasteiger charge is -2.32. The van der Waals surface area contributed by atoms with Gasteiger partial charge in [0.25, 0.3) is 0 Å². The van der Waals surface area contributed by atoms with E-state index in [9.17, 15) is 17.6 Å². The summed E-state index contributed by atoms with van der Waals surface area (Å²) in [5, 5.41) is 2.91. The zero-order valence-corrected chi connectivity index (χ0v) is 15.9. The Kier molecular flexibility index (Phi) is 6.77. The van der Waals surface area contributed by atoms with Gasteiger partial charge >= 0.3 is 0 Å². The molecule has 0 aliphatic heterocycles. The van der Waals surface area contributed by atoms with Crippen molar-refractivity contribution in [2.75, 3.05) is 10.6 Å². The summed E-state index contributed by atoms with van der Waals surface area (Å²) in [7, 11) is -3.75. The Morgan fingerprint density at radius 3 is 2.08 bits per heavy atom. The van der Waals surface area contributed by atoms with E-state index in [-0.39, 0.29) is 23.6 Å². The summed E-state index contributed by atoms with van der Waals surface area (Å²) in [5.74, 6) is -0.544. The molecule has 0 unspecified atom stereocenters. The number of hydrogen-bond acceptors (Lipinski definition) is 3. The molecule has 0 saturated carbocycles. The lowest BCUT2D eigenvalue weighted by atomic mass is 9.93. The van der Waals surface area contributed by atoms with Gasteiger partial charge in [0.1, 0.15) is 11.9 Å². The molecule has 0 spiro atoms. The van der Waals surface area contributed by atoms with E-state index in [4.69, 9.17) is 0 Å². The fraction of sp³-hybridized carbons (Fsp3) is 0.588. The van der Waals surface area contributed by atoms with E-state index in [0.717, 1.165) is 16.6 Å². The van der Waals surface area contributed by atoms with E-state index in [1.165, 1.54) is 25.1 Å². The Hall–Kier alpha value is -1.63. The van der Waals surface area contributed by atoms with Crippen molar-refractivity contribution in [1.29, 1.82) is 0 Å². The molecule has 0 aliphatic rings. The largest absolute Gasteiger partial charge is 0.351 e. The molecular formula is C17H27FN2O3S. The molecule has 1 amide bonds. The Balaban J connectivity index is 3.14. The molecule has 0 fully saturated rings. The lowest BCUT2D eigenvalue weighted by molar-refractivity contribution is -0.123. The quantitative estimate of drug-likeness (QED) is 0.815. The summed E-state index contributed by atoms with van der Waals surface area (Å²) in [6.45, 7) is 9.49. The summed E-state index contributed by atoms with van der Waals surface area (Å²) < 4.78 is 38.8. The first-order valence-corrected chi connectivity index (χ1v) is 9.85. The summed E-state index contributed by atoms with van der Waals surface area (Å²) in [4.78, 5) is 12.6. The zero-order chi connectivity index (χ0) is 18.7. The third kappa shape index (κ3) is 5.19. The highest BCUT2D eigenvalue weighted by Crippen LogP contribution is 2.22. The third-order valence-corrected chi connectivity index (χ3v) is 5.14. The second kappa shape index (κ2) is 7.96. The van der Waals surface area contributed by atoms with Gasteiger partial charge in [0.05, 0.1) is 11.9 Å². The first-order chi connectivity index (χ1) is 10.9. The van der Waals surface area contributed by atoms with Crippen molar-refractivity contribution < 1.29 is 17.6 Å². The standard InChI is InChI=1S/C17H27FN2O3S/c1-11(2)16(12(3)4)19-17(21)13(5)20(24(6,22)23)15-9-7-8-14(18)10-15/h7-13,16H,1-6H3,(H,19,21)/t13-/m0/s1. The van der Waals surface area contributed by atoms with E-state index in [1.54, 1.807) is 0 Å². The van der Waals surface area contributed by atoms with Crippen molar-refractivity contribution in [2.24, 2.45) is 11.8 Å². The number of nitrogens with zero attached hydrogens (tertiary/aromatic N) is 1. The SMILES string of the molecule is CC(C)C(NC(=O)[C@H](C)N(c1cccc(F)c1)S(C)(=O)=O)C(C)C. The molecule has 0 aliphatic carbocycles. The Bertz CT molecular complexity index is 666. The number of amides is 1. The number of nitrogens with one attached hydrogen (secondary N) is 1. The maximum atomic E-state index is 13.5. The van der Waals surface area contributed by atoms with Crippen LogP contribution in [0.25, 0.3) is 0 Å². The predicted octanol–water partition coefficient (Wildman–Crippen LogP) is 2.78. The predicted molar refractivity (Wildman–Crippen MR) is 94.8 cm³/mol. The molecule has 1 rings (SSSR count). The molecule has 0 heterocycles. The van der Waals surface area contributed by atoms with Crippen molar-refractivity contribution in [3.8, 4) is 0 Å². The van der Waals surface area contributed by atoms with Crippen LogP contribution in [0.2, 0.25) is 0 Å². The van der Waals surface area contributed by atoms with Crippen molar-refractivity contribution >= 4 is 21.6 Å². The molecule has 1 aromatic rings. The maximum Gasteiger partial charge on any atom is 0.243 e. The number of anilines is 1. The van der Waals surface area contributed by atoms with Gasteiger partial charge in [-0.1, -0.05) is 33.8 Å². The normalized spacial score (nSPS) is 13.4. The molecular weight excluding hydrogens is 331 g/mol. The minimum Gasteiger partial charge on any atom is -0.351 e. The fourth-order valence-electron chi connectivity index (χ4n) is 2.81. The average molecular weight is 358 g/mol. The zero-order valence-electron chi connectivity index (χ0n) is 15.1. The number of halogens is 1. The number of carbonyl (C=O) groups is 1. The molecule has 1 N–H and O–H groups in total. The molecule has 7 heteroatoms. The highest BCUT2D eigenvalue weighted by atomic mass is 32.2. The fourth-order valence-corrected chi connectivity index (χ4v) is 3.98. The first-order valence-electron chi connectivity index (χ1n) is 8.00. The van der Waals surface area contributed by atoms with E-state index in [0.29, 0.717) is 0 Å². The average Bonchev–Trinajstić information content (AvgIpc) is 2.42. The van der Waals surface area contributed by atoms with Crippen LogP contribution in [-0.2, 0) is 14.8 Å². The van der Waals surface area contributed by atoms with Gasteiger partial charge in [0, 0.05) is 6.04 Å². The molecule has 5 nitrogen and oxygen atoms in total. The van der Waals surface area contributed by atoms with Crippen LogP contribution < -0.4 is 9.62 Å². The van der Waals surface area contributed by atoms with Crippen molar-refractivity contribution in [1.82, 2.24) is 5.32 Å². The molecule has 24 heavy (non-hydrogen) atoms. The van der Waals surface area contributed by atoms with Crippen LogP contribution in [0.4, 0.5) is 10.1 Å². The van der Waals surface area contributed by atoms with Crippen LogP contribution in [0.1, 0.15) is 34.6 Å². The van der Waals surface area contributed by atoms with Gasteiger partial charge in [-0.2, -0.15) is 0 Å². The highest BCUT2D eigenvalue weighted by molar-refractivity contribution is 7.92. The second-order valence-corrected chi connectivity index (χ2v) is 8.60. The topological polar surface area (TPSA) is 66.5 Å². The number of sulfonamides is 1. The van der Waals surface area contributed by atoms with Gasteiger partial charge in [0.2, 0.25) is 15.9 Å². The molecule has 1 atom stereocenters. The van der Waals surface area contributed by atoms with E-state index < -0.39 is 27.8 Å². The second-order valence-electron chi connectivity index (χ2n) is 6.74. The van der Waals surface area contributed by atoms with Crippen LogP contribution in [-0.4, -0.2) is 32.7 Å². The van der Waals surface area contributed by atoms with Crippen LogP contribution in [0, 0.1) is 17.7 Å². The van der Waals surface area contributed by atoms with Gasteiger partial charge < -0.3 is 5.32 Å². The van der Waals surface area contributed by atoms with Crippen LogP contribution in [0.15, 0.2) is 24.3 Å². The highest BCUT2D eigenvalue weighted by Gasteiger charge is 2.31. The minimum atomic E-state index is -3.75. The molecule has 0 bridgehead atoms. The van der Waals surface area contributed by atoms with Gasteiger partial charge in [-0.3, -0.25) is 9.10 Å². The number of benzene rings is 1. The van der Waals surface area contributed by atoms with Crippen LogP contribution in [0.3, 0.4) is 0 Å². The van der Waals surface area contributed by atoms with Crippen LogP contribution in [0.5, 0.6) is 0 Å². The summed E-state index contributed by atoms with van der Waals surface area (Å²) in [6.07, 6.45) is 1.00. The molecule has 1 aromatic carbocycles. The van der Waals surface area contributed by atoms with Gasteiger partial charge in [-0.25, -0.2) is 12.8 Å². The van der Waals surface area contributed by atoms with E-state index >= 15 is 0 Å². The molecule has 0 saturated heterocycles. The van der Waals surface area contributed by atoms with E-state index in [2.05, 4.69) is 5.32 Å². The van der Waals surface area contributed by atoms with Crippen LogP contribution >= 0.6 is 0 Å². The Labute approximate surface area is 144 Å². The summed E-state index contributed by atoms with van der Waals surface area (Å²) in [6, 6.07) is 4.15.